The van der Waals surface area contributed by atoms with E-state index in [0.717, 1.165) is 37.4 Å². The molecule has 6 heteroatoms. The summed E-state index contributed by atoms with van der Waals surface area (Å²) in [6.45, 7) is 9.89. The lowest BCUT2D eigenvalue weighted by molar-refractivity contribution is 0.124. The van der Waals surface area contributed by atoms with Crippen molar-refractivity contribution in [3.8, 4) is 5.88 Å². The number of urea groups is 1. The normalized spacial score (nSPS) is 19.2. The molecule has 0 aromatic carbocycles. The molecule has 2 aliphatic rings. The lowest BCUT2D eigenvalue weighted by Crippen LogP contribution is -2.48. The molecule has 26 heavy (non-hydrogen) atoms. The van der Waals surface area contributed by atoms with E-state index in [-0.39, 0.29) is 17.7 Å². The lowest BCUT2D eigenvalue weighted by atomic mass is 10.0. The van der Waals surface area contributed by atoms with Crippen LogP contribution < -0.4 is 15.4 Å². The van der Waals surface area contributed by atoms with E-state index in [1.54, 1.807) is 6.20 Å². The van der Waals surface area contributed by atoms with Crippen LogP contribution in [0.1, 0.15) is 52.0 Å². The number of hydrogen-bond acceptors (Lipinski definition) is 4. The van der Waals surface area contributed by atoms with Crippen LogP contribution in [0.25, 0.3) is 0 Å². The Hall–Kier alpha value is -1.82. The van der Waals surface area contributed by atoms with Gasteiger partial charge in [0.2, 0.25) is 5.88 Å². The molecule has 1 saturated heterocycles. The number of piperidine rings is 1. The fourth-order valence-electron chi connectivity index (χ4n) is 3.23. The van der Waals surface area contributed by atoms with Crippen LogP contribution in [0.4, 0.5) is 4.79 Å². The molecule has 1 aromatic heterocycles. The molecule has 1 aliphatic carbocycles. The standard InChI is InChI=1S/C20H32N4O2/c1-20(2,3)26-18-7-6-16(12-21-18)13-22-19(25)23-17-8-10-24(11-9-17)14-15-4-5-15/h6-7,12,15,17H,4-5,8-11,13-14H2,1-3H3,(H2,22,23,25). The maximum atomic E-state index is 12.1. The molecule has 1 aliphatic heterocycles. The summed E-state index contributed by atoms with van der Waals surface area (Å²) in [5.41, 5.74) is 0.696. The topological polar surface area (TPSA) is 66.5 Å². The van der Waals surface area contributed by atoms with Crippen molar-refractivity contribution in [1.29, 1.82) is 0 Å². The van der Waals surface area contributed by atoms with Crippen LogP contribution in [-0.2, 0) is 6.54 Å². The SMILES string of the molecule is CC(C)(C)Oc1ccc(CNC(=O)NC2CCN(CC3CC3)CC2)cn1. The van der Waals surface area contributed by atoms with Gasteiger partial charge in [0.05, 0.1) is 0 Å². The largest absolute Gasteiger partial charge is 0.472 e. The highest BCUT2D eigenvalue weighted by Crippen LogP contribution is 2.30. The van der Waals surface area contributed by atoms with Crippen LogP contribution in [0.3, 0.4) is 0 Å². The van der Waals surface area contributed by atoms with Gasteiger partial charge in [-0.3, -0.25) is 0 Å². The van der Waals surface area contributed by atoms with Crippen LogP contribution in [0.2, 0.25) is 0 Å². The molecule has 0 unspecified atom stereocenters. The zero-order chi connectivity index (χ0) is 18.6. The average molecular weight is 361 g/mol. The van der Waals surface area contributed by atoms with Gasteiger partial charge in [-0.1, -0.05) is 6.07 Å². The van der Waals surface area contributed by atoms with Crippen molar-refractivity contribution in [2.45, 2.75) is 64.6 Å². The molecule has 6 nitrogen and oxygen atoms in total. The number of rotatable bonds is 6. The van der Waals surface area contributed by atoms with E-state index in [2.05, 4.69) is 20.5 Å². The third-order valence-corrected chi connectivity index (χ3v) is 4.80. The predicted octanol–water partition coefficient (Wildman–Crippen LogP) is 2.93. The summed E-state index contributed by atoms with van der Waals surface area (Å²) in [5, 5.41) is 6.02. The number of likely N-dealkylation sites (tertiary alicyclic amines) is 1. The van der Waals surface area contributed by atoms with Crippen molar-refractivity contribution < 1.29 is 9.53 Å². The third-order valence-electron chi connectivity index (χ3n) is 4.80. The first-order valence-electron chi connectivity index (χ1n) is 9.78. The lowest BCUT2D eigenvalue weighted by Gasteiger charge is -2.32. The molecule has 2 heterocycles. The molecule has 0 radical (unpaired) electrons. The summed E-state index contributed by atoms with van der Waals surface area (Å²) in [4.78, 5) is 19.0. The number of carbonyl (C=O) groups is 1. The van der Waals surface area contributed by atoms with Gasteiger partial charge in [-0.05, 0) is 57.9 Å². The van der Waals surface area contributed by atoms with E-state index in [1.807, 2.05) is 32.9 Å². The second-order valence-corrected chi connectivity index (χ2v) is 8.56. The van der Waals surface area contributed by atoms with Gasteiger partial charge in [-0.2, -0.15) is 0 Å². The van der Waals surface area contributed by atoms with Gasteiger partial charge in [0.25, 0.3) is 0 Å². The molecule has 0 bridgehead atoms. The molecule has 2 N–H and O–H groups in total. The van der Waals surface area contributed by atoms with Crippen molar-refractivity contribution in [2.75, 3.05) is 19.6 Å². The molecular weight excluding hydrogens is 328 g/mol. The van der Waals surface area contributed by atoms with Crippen LogP contribution in [0, 0.1) is 5.92 Å². The van der Waals surface area contributed by atoms with E-state index < -0.39 is 0 Å². The predicted molar refractivity (Wildman–Crippen MR) is 102 cm³/mol. The second-order valence-electron chi connectivity index (χ2n) is 8.56. The summed E-state index contributed by atoms with van der Waals surface area (Å²) in [7, 11) is 0. The fraction of sp³-hybridized carbons (Fsp3) is 0.700. The molecular formula is C20H32N4O2. The highest BCUT2D eigenvalue weighted by atomic mass is 16.5. The van der Waals surface area contributed by atoms with E-state index in [0.29, 0.717) is 12.4 Å². The smallest absolute Gasteiger partial charge is 0.315 e. The molecule has 2 amide bonds. The van der Waals surface area contributed by atoms with Crippen molar-refractivity contribution >= 4 is 6.03 Å². The van der Waals surface area contributed by atoms with Gasteiger partial charge < -0.3 is 20.3 Å². The molecule has 2 fully saturated rings. The van der Waals surface area contributed by atoms with Crippen molar-refractivity contribution in [1.82, 2.24) is 20.5 Å². The summed E-state index contributed by atoms with van der Waals surface area (Å²) >= 11 is 0. The summed E-state index contributed by atoms with van der Waals surface area (Å²) in [6.07, 6.45) is 6.64. The minimum atomic E-state index is -0.263. The highest BCUT2D eigenvalue weighted by Gasteiger charge is 2.27. The van der Waals surface area contributed by atoms with Crippen LogP contribution in [0.15, 0.2) is 18.3 Å². The molecule has 0 atom stereocenters. The first-order chi connectivity index (χ1) is 12.4. The van der Waals surface area contributed by atoms with E-state index >= 15 is 0 Å². The summed E-state index contributed by atoms with van der Waals surface area (Å²) in [5.74, 6) is 1.54. The number of amides is 2. The minimum absolute atomic E-state index is 0.0966. The second kappa shape index (κ2) is 8.25. The molecule has 3 rings (SSSR count). The Morgan fingerprint density at radius 2 is 1.96 bits per heavy atom. The maximum absolute atomic E-state index is 12.1. The van der Waals surface area contributed by atoms with Crippen molar-refractivity contribution in [3.63, 3.8) is 0 Å². The Morgan fingerprint density at radius 3 is 2.54 bits per heavy atom. The van der Waals surface area contributed by atoms with Gasteiger partial charge >= 0.3 is 6.03 Å². The molecule has 1 aromatic rings. The first-order valence-corrected chi connectivity index (χ1v) is 9.78. The van der Waals surface area contributed by atoms with Crippen molar-refractivity contribution in [3.05, 3.63) is 23.9 Å². The van der Waals surface area contributed by atoms with Crippen LogP contribution in [0.5, 0.6) is 5.88 Å². The molecule has 144 valence electrons. The quantitative estimate of drug-likeness (QED) is 0.819. The average Bonchev–Trinajstić information content (AvgIpc) is 3.39. The van der Waals surface area contributed by atoms with E-state index in [4.69, 9.17) is 4.74 Å². The fourth-order valence-corrected chi connectivity index (χ4v) is 3.23. The Morgan fingerprint density at radius 1 is 1.23 bits per heavy atom. The Labute approximate surface area is 156 Å². The molecule has 1 saturated carbocycles. The first kappa shape index (κ1) is 19.0. The van der Waals surface area contributed by atoms with Gasteiger partial charge in [0.1, 0.15) is 5.60 Å². The number of ether oxygens (including phenoxy) is 1. The van der Waals surface area contributed by atoms with Gasteiger partial charge in [-0.25, -0.2) is 9.78 Å². The number of carbonyl (C=O) groups excluding carboxylic acids is 1. The van der Waals surface area contributed by atoms with Gasteiger partial charge in [0.15, 0.2) is 0 Å². The summed E-state index contributed by atoms with van der Waals surface area (Å²) in [6, 6.07) is 3.97. The number of aromatic nitrogens is 1. The third kappa shape index (κ3) is 6.48. The van der Waals surface area contributed by atoms with E-state index in [1.165, 1.54) is 19.4 Å². The molecule has 0 spiro atoms. The monoisotopic (exact) mass is 360 g/mol. The Bertz CT molecular complexity index is 585. The van der Waals surface area contributed by atoms with Crippen molar-refractivity contribution in [2.24, 2.45) is 5.92 Å². The number of nitrogens with one attached hydrogen (secondary N) is 2. The number of pyridine rings is 1. The highest BCUT2D eigenvalue weighted by molar-refractivity contribution is 5.74. The Balaban J connectivity index is 1.35. The van der Waals surface area contributed by atoms with Crippen LogP contribution >= 0.6 is 0 Å². The number of hydrogen-bond donors (Lipinski definition) is 2. The maximum Gasteiger partial charge on any atom is 0.315 e. The zero-order valence-corrected chi connectivity index (χ0v) is 16.3. The zero-order valence-electron chi connectivity index (χ0n) is 16.3. The minimum Gasteiger partial charge on any atom is -0.472 e. The van der Waals surface area contributed by atoms with Gasteiger partial charge in [-0.15, -0.1) is 0 Å². The van der Waals surface area contributed by atoms with E-state index in [9.17, 15) is 4.79 Å². The Kier molecular flexibility index (Phi) is 6.01. The number of nitrogens with zero attached hydrogens (tertiary/aromatic N) is 2. The van der Waals surface area contributed by atoms with Crippen LogP contribution in [-0.4, -0.2) is 47.2 Å². The summed E-state index contributed by atoms with van der Waals surface area (Å²) < 4.78 is 5.70. The van der Waals surface area contributed by atoms with Gasteiger partial charge in [0, 0.05) is 44.5 Å².